The summed E-state index contributed by atoms with van der Waals surface area (Å²) in [4.78, 5) is -0.122. The summed E-state index contributed by atoms with van der Waals surface area (Å²) in [5.41, 5.74) is 2.04. The van der Waals surface area contributed by atoms with E-state index in [0.717, 1.165) is 9.65 Å². The lowest BCUT2D eigenvalue weighted by molar-refractivity contribution is 0.307. The minimum Gasteiger partial charge on any atom is -0.488 e. The second-order valence-electron chi connectivity index (χ2n) is 6.56. The molecule has 31 heavy (non-hydrogen) atoms. The van der Waals surface area contributed by atoms with Crippen LogP contribution in [0.5, 0.6) is 5.75 Å². The molecule has 0 N–H and O–H groups in total. The number of para-hydroxylation sites is 1. The van der Waals surface area contributed by atoms with Crippen LogP contribution in [0.25, 0.3) is 11.3 Å². The van der Waals surface area contributed by atoms with Crippen LogP contribution in [0.3, 0.4) is 0 Å². The van der Waals surface area contributed by atoms with Crippen LogP contribution in [0.4, 0.5) is 0 Å². The third kappa shape index (κ3) is 4.72. The van der Waals surface area contributed by atoms with E-state index in [4.69, 9.17) is 39.5 Å². The molecule has 4 aromatic rings. The van der Waals surface area contributed by atoms with Crippen LogP contribution in [0.15, 0.2) is 83.9 Å². The maximum atomic E-state index is 13.0. The molecule has 158 valence electrons. The van der Waals surface area contributed by atoms with Crippen molar-refractivity contribution >= 4 is 44.8 Å². The maximum absolute atomic E-state index is 13.0. The van der Waals surface area contributed by atoms with Crippen molar-refractivity contribution in [1.82, 2.24) is 9.19 Å². The minimum absolute atomic E-state index is 0.0631. The standard InChI is InChI=1S/C22H15Cl3N2O3S/c23-16-7-5-15(6-8-16)14-30-21-4-2-1-3-18(21)20-11-12-27(26-20)31(28,29)22-13-17(24)9-10-19(22)25/h1-13H,14H2. The number of hydrogen-bond acceptors (Lipinski definition) is 4. The minimum atomic E-state index is -4.02. The van der Waals surface area contributed by atoms with Crippen molar-refractivity contribution in [2.24, 2.45) is 0 Å². The molecule has 1 heterocycles. The van der Waals surface area contributed by atoms with Gasteiger partial charge < -0.3 is 4.74 Å². The first kappa shape index (κ1) is 21.7. The van der Waals surface area contributed by atoms with E-state index in [9.17, 15) is 8.42 Å². The third-order valence-electron chi connectivity index (χ3n) is 4.45. The summed E-state index contributed by atoms with van der Waals surface area (Å²) in [6.07, 6.45) is 1.36. The number of benzene rings is 3. The Morgan fingerprint density at radius 1 is 0.871 bits per heavy atom. The molecule has 0 amide bonds. The van der Waals surface area contributed by atoms with Crippen LogP contribution in [-0.4, -0.2) is 17.6 Å². The number of ether oxygens (including phenoxy) is 1. The topological polar surface area (TPSA) is 61.2 Å². The van der Waals surface area contributed by atoms with Gasteiger partial charge in [-0.25, -0.2) is 0 Å². The Bertz CT molecular complexity index is 1340. The highest BCUT2D eigenvalue weighted by molar-refractivity contribution is 7.90. The molecule has 0 spiro atoms. The van der Waals surface area contributed by atoms with Gasteiger partial charge >= 0.3 is 0 Å². The zero-order valence-corrected chi connectivity index (χ0v) is 19.0. The predicted molar refractivity (Wildman–Crippen MR) is 122 cm³/mol. The van der Waals surface area contributed by atoms with Gasteiger partial charge in [-0.2, -0.15) is 17.6 Å². The lowest BCUT2D eigenvalue weighted by Crippen LogP contribution is -2.14. The molecule has 0 saturated carbocycles. The van der Waals surface area contributed by atoms with Crippen molar-refractivity contribution in [2.45, 2.75) is 11.5 Å². The molecule has 9 heteroatoms. The molecule has 4 rings (SSSR count). The first-order chi connectivity index (χ1) is 14.8. The molecule has 0 unspecified atom stereocenters. The summed E-state index contributed by atoms with van der Waals surface area (Å²) in [5.74, 6) is 0.570. The van der Waals surface area contributed by atoms with Gasteiger partial charge in [0.15, 0.2) is 0 Å². The average Bonchev–Trinajstić information content (AvgIpc) is 3.26. The Labute approximate surface area is 194 Å². The van der Waals surface area contributed by atoms with Crippen molar-refractivity contribution in [3.63, 3.8) is 0 Å². The summed E-state index contributed by atoms with van der Waals surface area (Å²) in [6, 6.07) is 20.4. The average molecular weight is 494 g/mol. The van der Waals surface area contributed by atoms with Crippen LogP contribution in [0.1, 0.15) is 5.56 Å². The quantitative estimate of drug-likeness (QED) is 0.315. The first-order valence-electron chi connectivity index (χ1n) is 9.07. The Hall–Kier alpha value is -2.51. The molecule has 0 bridgehead atoms. The van der Waals surface area contributed by atoms with E-state index in [1.807, 2.05) is 30.3 Å². The molecule has 0 fully saturated rings. The van der Waals surface area contributed by atoms with Crippen molar-refractivity contribution in [2.75, 3.05) is 0 Å². The summed E-state index contributed by atoms with van der Waals surface area (Å²) < 4.78 is 32.8. The largest absolute Gasteiger partial charge is 0.488 e. The molecule has 5 nitrogen and oxygen atoms in total. The fourth-order valence-corrected chi connectivity index (χ4v) is 4.89. The van der Waals surface area contributed by atoms with Gasteiger partial charge in [0.05, 0.1) is 10.7 Å². The number of hydrogen-bond donors (Lipinski definition) is 0. The van der Waals surface area contributed by atoms with E-state index in [-0.39, 0.29) is 14.9 Å². The van der Waals surface area contributed by atoms with Crippen LogP contribution >= 0.6 is 34.8 Å². The Morgan fingerprint density at radius 2 is 1.58 bits per heavy atom. The number of rotatable bonds is 6. The van der Waals surface area contributed by atoms with Gasteiger partial charge in [-0.3, -0.25) is 0 Å². The molecule has 0 aliphatic rings. The summed E-state index contributed by atoms with van der Waals surface area (Å²) >= 11 is 18.0. The van der Waals surface area contributed by atoms with Crippen molar-refractivity contribution in [3.8, 4) is 17.0 Å². The Balaban J connectivity index is 1.63. The molecular formula is C22H15Cl3N2O3S. The molecule has 0 aliphatic heterocycles. The Kier molecular flexibility index (Phi) is 6.25. The highest BCUT2D eigenvalue weighted by Crippen LogP contribution is 2.31. The van der Waals surface area contributed by atoms with Gasteiger partial charge in [-0.15, -0.1) is 0 Å². The zero-order chi connectivity index (χ0) is 22.0. The van der Waals surface area contributed by atoms with Crippen molar-refractivity contribution in [3.05, 3.63) is 99.6 Å². The van der Waals surface area contributed by atoms with Gasteiger partial charge in [-0.05, 0) is 54.1 Å². The van der Waals surface area contributed by atoms with Gasteiger partial charge in [0, 0.05) is 21.8 Å². The summed E-state index contributed by atoms with van der Waals surface area (Å²) in [7, 11) is -4.02. The van der Waals surface area contributed by atoms with Crippen LogP contribution in [-0.2, 0) is 16.6 Å². The molecule has 0 saturated heterocycles. The fraction of sp³-hybridized carbons (Fsp3) is 0.0455. The number of nitrogens with zero attached hydrogens (tertiary/aromatic N) is 2. The molecule has 0 radical (unpaired) electrons. The third-order valence-corrected chi connectivity index (χ3v) is 6.97. The normalized spacial score (nSPS) is 11.5. The van der Waals surface area contributed by atoms with Gasteiger partial charge in [0.25, 0.3) is 10.0 Å². The van der Waals surface area contributed by atoms with Gasteiger partial charge in [-0.1, -0.05) is 59.1 Å². The first-order valence-corrected chi connectivity index (χ1v) is 11.6. The van der Waals surface area contributed by atoms with E-state index in [2.05, 4.69) is 5.10 Å². The van der Waals surface area contributed by atoms with Gasteiger partial charge in [0.1, 0.15) is 17.3 Å². The number of halogens is 3. The molecule has 0 aliphatic carbocycles. The lowest BCUT2D eigenvalue weighted by atomic mass is 10.1. The van der Waals surface area contributed by atoms with E-state index >= 15 is 0 Å². The maximum Gasteiger partial charge on any atom is 0.284 e. The highest BCUT2D eigenvalue weighted by Gasteiger charge is 2.23. The summed E-state index contributed by atoms with van der Waals surface area (Å²) in [6.45, 7) is 0.325. The molecule has 3 aromatic carbocycles. The molecular weight excluding hydrogens is 479 g/mol. The lowest BCUT2D eigenvalue weighted by Gasteiger charge is -2.10. The second kappa shape index (κ2) is 8.93. The SMILES string of the molecule is O=S(=O)(c1cc(Cl)ccc1Cl)n1ccc(-c2ccccc2OCc2ccc(Cl)cc2)n1. The fourth-order valence-electron chi connectivity index (χ4n) is 2.91. The predicted octanol–water partition coefficient (Wildman–Crippen LogP) is 6.33. The van der Waals surface area contributed by atoms with Crippen LogP contribution < -0.4 is 4.74 Å². The molecule has 1 aromatic heterocycles. The van der Waals surface area contributed by atoms with E-state index in [1.165, 1.54) is 24.4 Å². The van der Waals surface area contributed by atoms with E-state index in [1.54, 1.807) is 24.3 Å². The highest BCUT2D eigenvalue weighted by atomic mass is 35.5. The van der Waals surface area contributed by atoms with Gasteiger partial charge in [0.2, 0.25) is 0 Å². The van der Waals surface area contributed by atoms with Crippen molar-refractivity contribution in [1.29, 1.82) is 0 Å². The smallest absolute Gasteiger partial charge is 0.284 e. The zero-order valence-electron chi connectivity index (χ0n) is 15.9. The summed E-state index contributed by atoms with van der Waals surface area (Å²) in [5, 5.41) is 5.23. The van der Waals surface area contributed by atoms with Crippen molar-refractivity contribution < 1.29 is 13.2 Å². The van der Waals surface area contributed by atoms with E-state index < -0.39 is 10.0 Å². The molecule has 0 atom stereocenters. The second-order valence-corrected chi connectivity index (χ2v) is 9.61. The monoisotopic (exact) mass is 492 g/mol. The Morgan fingerprint density at radius 3 is 2.35 bits per heavy atom. The van der Waals surface area contributed by atoms with Crippen LogP contribution in [0, 0.1) is 0 Å². The van der Waals surface area contributed by atoms with E-state index in [0.29, 0.717) is 28.6 Å². The number of aromatic nitrogens is 2. The van der Waals surface area contributed by atoms with Crippen LogP contribution in [0.2, 0.25) is 15.1 Å².